The molecule has 0 amide bonds. The Morgan fingerprint density at radius 1 is 0.895 bits per heavy atom. The van der Waals surface area contributed by atoms with E-state index in [-0.39, 0.29) is 0 Å². The molecule has 2 bridgehead atoms. The summed E-state index contributed by atoms with van der Waals surface area (Å²) in [6.07, 6.45) is 7.65. The van der Waals surface area contributed by atoms with Gasteiger partial charge in [-0.1, -0.05) is 36.8 Å². The summed E-state index contributed by atoms with van der Waals surface area (Å²) in [5, 5.41) is 0. The largest absolute Gasteiger partial charge is 0.256 e. The van der Waals surface area contributed by atoms with Crippen LogP contribution in [0.25, 0.3) is 11.3 Å². The first-order chi connectivity index (χ1) is 9.42. The van der Waals surface area contributed by atoms with Gasteiger partial charge in [0.15, 0.2) is 0 Å². The third kappa shape index (κ3) is 1.88. The third-order valence-electron chi connectivity index (χ3n) is 5.04. The summed E-state index contributed by atoms with van der Waals surface area (Å²) >= 11 is 0. The van der Waals surface area contributed by atoms with Crippen molar-refractivity contribution in [3.8, 4) is 11.3 Å². The summed E-state index contributed by atoms with van der Waals surface area (Å²) in [6.45, 7) is 0. The van der Waals surface area contributed by atoms with Crippen LogP contribution in [0.3, 0.4) is 0 Å². The first-order valence-corrected chi connectivity index (χ1v) is 7.42. The van der Waals surface area contributed by atoms with Crippen LogP contribution in [0.1, 0.15) is 37.2 Å². The maximum atomic E-state index is 4.54. The maximum Gasteiger partial charge on any atom is 0.0704 e. The Hall–Kier alpha value is -1.63. The molecule has 0 aliphatic heterocycles. The molecule has 0 radical (unpaired) electrons. The number of fused-ring (bicyclic) bond motifs is 2. The molecule has 3 atom stereocenters. The van der Waals surface area contributed by atoms with Gasteiger partial charge >= 0.3 is 0 Å². The molecule has 2 aromatic rings. The van der Waals surface area contributed by atoms with Crippen LogP contribution in [-0.4, -0.2) is 4.98 Å². The van der Waals surface area contributed by atoms with Gasteiger partial charge in [-0.05, 0) is 54.7 Å². The molecule has 1 heteroatoms. The van der Waals surface area contributed by atoms with Crippen LogP contribution < -0.4 is 0 Å². The van der Waals surface area contributed by atoms with Gasteiger partial charge in [0.2, 0.25) is 0 Å². The van der Waals surface area contributed by atoms with Gasteiger partial charge in [-0.15, -0.1) is 0 Å². The second kappa shape index (κ2) is 4.48. The molecule has 4 rings (SSSR count). The van der Waals surface area contributed by atoms with Crippen LogP contribution in [0.5, 0.6) is 0 Å². The van der Waals surface area contributed by atoms with Crippen molar-refractivity contribution in [3.05, 3.63) is 54.2 Å². The van der Waals surface area contributed by atoms with Crippen molar-refractivity contribution in [2.45, 2.75) is 31.6 Å². The molecule has 2 fully saturated rings. The molecule has 2 aliphatic carbocycles. The number of hydrogen-bond acceptors (Lipinski definition) is 1. The molecule has 19 heavy (non-hydrogen) atoms. The minimum absolute atomic E-state index is 0.775. The van der Waals surface area contributed by atoms with Crippen LogP contribution in [0.4, 0.5) is 0 Å². The highest BCUT2D eigenvalue weighted by Gasteiger charge is 2.40. The van der Waals surface area contributed by atoms with E-state index in [2.05, 4.69) is 41.4 Å². The van der Waals surface area contributed by atoms with Gasteiger partial charge < -0.3 is 0 Å². The van der Waals surface area contributed by atoms with E-state index in [0.29, 0.717) is 0 Å². The first-order valence-electron chi connectivity index (χ1n) is 7.42. The fourth-order valence-electron chi connectivity index (χ4n) is 4.20. The van der Waals surface area contributed by atoms with E-state index >= 15 is 0 Å². The lowest BCUT2D eigenvalue weighted by Gasteiger charge is -2.24. The number of pyridine rings is 1. The Kier molecular flexibility index (Phi) is 2.65. The second-order valence-corrected chi connectivity index (χ2v) is 6.08. The maximum absolute atomic E-state index is 4.54. The molecule has 1 heterocycles. The normalized spacial score (nSPS) is 28.7. The zero-order chi connectivity index (χ0) is 12.7. The fourth-order valence-corrected chi connectivity index (χ4v) is 4.20. The van der Waals surface area contributed by atoms with Crippen molar-refractivity contribution >= 4 is 0 Å². The predicted octanol–water partition coefficient (Wildman–Crippen LogP) is 4.65. The third-order valence-corrected chi connectivity index (χ3v) is 5.04. The molecule has 96 valence electrons. The Bertz CT molecular complexity index is 575. The van der Waals surface area contributed by atoms with E-state index in [0.717, 1.165) is 23.4 Å². The van der Waals surface area contributed by atoms with Crippen LogP contribution in [0.15, 0.2) is 48.7 Å². The minimum atomic E-state index is 0.775. The molecule has 0 N–H and O–H groups in total. The molecule has 1 aromatic heterocycles. The van der Waals surface area contributed by atoms with Gasteiger partial charge in [-0.2, -0.15) is 0 Å². The number of aromatic nitrogens is 1. The smallest absolute Gasteiger partial charge is 0.0704 e. The topological polar surface area (TPSA) is 12.9 Å². The average molecular weight is 249 g/mol. The van der Waals surface area contributed by atoms with Crippen molar-refractivity contribution < 1.29 is 0 Å². The van der Waals surface area contributed by atoms with Crippen LogP contribution >= 0.6 is 0 Å². The summed E-state index contributed by atoms with van der Waals surface area (Å²) < 4.78 is 0. The lowest BCUT2D eigenvalue weighted by Crippen LogP contribution is -2.09. The molecular formula is C18H19N. The molecular weight excluding hydrogens is 230 g/mol. The molecule has 0 spiro atoms. The van der Waals surface area contributed by atoms with Crippen molar-refractivity contribution in [1.29, 1.82) is 0 Å². The highest BCUT2D eigenvalue weighted by molar-refractivity contribution is 5.64. The summed E-state index contributed by atoms with van der Waals surface area (Å²) in [5.74, 6) is 2.69. The summed E-state index contributed by atoms with van der Waals surface area (Å²) in [7, 11) is 0. The van der Waals surface area contributed by atoms with E-state index in [1.165, 1.54) is 36.8 Å². The molecule has 2 aliphatic rings. The van der Waals surface area contributed by atoms with Crippen molar-refractivity contribution in [2.24, 2.45) is 11.8 Å². The lowest BCUT2D eigenvalue weighted by atomic mass is 9.81. The highest BCUT2D eigenvalue weighted by atomic mass is 14.7. The number of rotatable bonds is 2. The molecule has 1 aromatic carbocycles. The van der Waals surface area contributed by atoms with Gasteiger partial charge in [-0.3, -0.25) is 4.98 Å². The number of nitrogens with zero attached hydrogens (tertiary/aromatic N) is 1. The Morgan fingerprint density at radius 3 is 2.53 bits per heavy atom. The van der Waals surface area contributed by atoms with Crippen molar-refractivity contribution in [3.63, 3.8) is 0 Å². The van der Waals surface area contributed by atoms with E-state index < -0.39 is 0 Å². The number of benzene rings is 1. The fraction of sp³-hybridized carbons (Fsp3) is 0.389. The van der Waals surface area contributed by atoms with Crippen LogP contribution in [-0.2, 0) is 0 Å². The predicted molar refractivity (Wildman–Crippen MR) is 77.9 cm³/mol. The lowest BCUT2D eigenvalue weighted by molar-refractivity contribution is 0.420. The van der Waals surface area contributed by atoms with Crippen molar-refractivity contribution in [2.75, 3.05) is 0 Å². The average Bonchev–Trinajstić information content (AvgIpc) is 3.11. The number of hydrogen-bond donors (Lipinski definition) is 0. The van der Waals surface area contributed by atoms with Gasteiger partial charge in [-0.25, -0.2) is 0 Å². The molecule has 0 saturated heterocycles. The van der Waals surface area contributed by atoms with Crippen LogP contribution in [0, 0.1) is 11.8 Å². The van der Waals surface area contributed by atoms with Gasteiger partial charge in [0.05, 0.1) is 5.69 Å². The van der Waals surface area contributed by atoms with E-state index in [9.17, 15) is 0 Å². The summed E-state index contributed by atoms with van der Waals surface area (Å²) in [6, 6.07) is 15.1. The Morgan fingerprint density at radius 2 is 1.79 bits per heavy atom. The zero-order valence-corrected chi connectivity index (χ0v) is 11.1. The Balaban J connectivity index is 1.77. The van der Waals surface area contributed by atoms with Crippen molar-refractivity contribution in [1.82, 2.24) is 4.98 Å². The van der Waals surface area contributed by atoms with Gasteiger partial charge in [0.1, 0.15) is 0 Å². The van der Waals surface area contributed by atoms with Gasteiger partial charge in [0, 0.05) is 11.8 Å². The summed E-state index contributed by atoms with van der Waals surface area (Å²) in [4.78, 5) is 4.54. The summed E-state index contributed by atoms with van der Waals surface area (Å²) in [5.41, 5.74) is 4.01. The second-order valence-electron chi connectivity index (χ2n) is 6.08. The van der Waals surface area contributed by atoms with E-state index in [4.69, 9.17) is 0 Å². The zero-order valence-electron chi connectivity index (χ0n) is 11.1. The first kappa shape index (κ1) is 11.2. The quantitative estimate of drug-likeness (QED) is 0.754. The molecule has 2 saturated carbocycles. The molecule has 1 nitrogen and oxygen atoms in total. The van der Waals surface area contributed by atoms with Crippen LogP contribution in [0.2, 0.25) is 0 Å². The molecule has 3 unspecified atom stereocenters. The van der Waals surface area contributed by atoms with E-state index in [1.807, 2.05) is 12.3 Å². The highest BCUT2D eigenvalue weighted by Crippen LogP contribution is 2.54. The van der Waals surface area contributed by atoms with E-state index in [1.54, 1.807) is 0 Å². The Labute approximate surface area is 114 Å². The van der Waals surface area contributed by atoms with Gasteiger partial charge in [0.25, 0.3) is 0 Å². The monoisotopic (exact) mass is 249 g/mol. The standard InChI is InChI=1S/C18H19N/c1-2-6-16(18-7-3-4-10-19-18)15(5-1)17-12-13-8-9-14(17)11-13/h1-7,10,13-14,17H,8-9,11-12H2. The minimum Gasteiger partial charge on any atom is -0.256 e. The SMILES string of the molecule is c1ccc(-c2ccccc2C2CC3CCC2C3)nc1.